The van der Waals surface area contributed by atoms with Crippen LogP contribution in [0.4, 0.5) is 0 Å². The molecule has 4 nitrogen and oxygen atoms in total. The van der Waals surface area contributed by atoms with Gasteiger partial charge in [0.1, 0.15) is 5.75 Å². The van der Waals surface area contributed by atoms with Gasteiger partial charge in [0.05, 0.1) is 17.7 Å². The quantitative estimate of drug-likeness (QED) is 0.600. The topological polar surface area (TPSA) is 52.6 Å². The fourth-order valence-electron chi connectivity index (χ4n) is 2.20. The van der Waals surface area contributed by atoms with Crippen molar-refractivity contribution >= 4 is 22.7 Å². The van der Waals surface area contributed by atoms with E-state index in [-0.39, 0.29) is 0 Å². The van der Waals surface area contributed by atoms with Crippen molar-refractivity contribution < 1.29 is 19.1 Å². The molecule has 3 rings (SSSR count). The van der Waals surface area contributed by atoms with Crippen molar-refractivity contribution in [2.45, 2.75) is 6.92 Å². The van der Waals surface area contributed by atoms with Crippen LogP contribution in [0.3, 0.4) is 0 Å². The van der Waals surface area contributed by atoms with E-state index in [9.17, 15) is 9.59 Å². The largest absolute Gasteiger partial charge is 0.493 e. The number of rotatable bonds is 2. The minimum absolute atomic E-state index is 0.406. The van der Waals surface area contributed by atoms with Gasteiger partial charge >= 0.3 is 11.9 Å². The monoisotopic (exact) mass is 242 g/mol. The molecular weight excluding hydrogens is 232 g/mol. The summed E-state index contributed by atoms with van der Waals surface area (Å²) in [6.07, 6.45) is 0. The molecule has 4 heteroatoms. The molecule has 0 fully saturated rings. The maximum atomic E-state index is 11.7. The zero-order chi connectivity index (χ0) is 12.7. The Balaban J connectivity index is 2.41. The highest BCUT2D eigenvalue weighted by Crippen LogP contribution is 2.34. The summed E-state index contributed by atoms with van der Waals surface area (Å²) in [6, 6.07) is 8.59. The summed E-state index contributed by atoms with van der Waals surface area (Å²) >= 11 is 0. The predicted molar refractivity (Wildman–Crippen MR) is 64.9 cm³/mol. The standard InChI is InChI=1S/C14H10O4/c1-2-17-11-7-6-10-12-8(11)4-3-5-9(12)13(15)18-14(10)16/h3-7H,2H2,1H3. The lowest BCUT2D eigenvalue weighted by atomic mass is 9.97. The van der Waals surface area contributed by atoms with Crippen LogP contribution in [0.2, 0.25) is 0 Å². The average Bonchev–Trinajstić information content (AvgIpc) is 2.37. The van der Waals surface area contributed by atoms with Crippen molar-refractivity contribution in [1.82, 2.24) is 0 Å². The van der Waals surface area contributed by atoms with E-state index in [4.69, 9.17) is 4.74 Å². The molecule has 18 heavy (non-hydrogen) atoms. The van der Waals surface area contributed by atoms with E-state index in [1.807, 2.05) is 13.0 Å². The Hall–Kier alpha value is -2.36. The SMILES string of the molecule is CCOc1ccc2c3c(cccc13)C(=O)OC2=O. The molecule has 90 valence electrons. The van der Waals surface area contributed by atoms with E-state index in [1.54, 1.807) is 24.3 Å². The summed E-state index contributed by atoms with van der Waals surface area (Å²) < 4.78 is 10.2. The van der Waals surface area contributed by atoms with E-state index in [0.29, 0.717) is 28.9 Å². The number of hydrogen-bond acceptors (Lipinski definition) is 4. The van der Waals surface area contributed by atoms with Gasteiger partial charge in [-0.15, -0.1) is 0 Å². The van der Waals surface area contributed by atoms with Gasteiger partial charge in [0.25, 0.3) is 0 Å². The molecule has 0 aromatic heterocycles. The maximum Gasteiger partial charge on any atom is 0.346 e. The molecule has 0 bridgehead atoms. The van der Waals surface area contributed by atoms with Crippen LogP contribution in [0.25, 0.3) is 10.8 Å². The minimum atomic E-state index is -0.605. The van der Waals surface area contributed by atoms with Crippen LogP contribution in [-0.2, 0) is 4.74 Å². The first-order valence-corrected chi connectivity index (χ1v) is 5.67. The van der Waals surface area contributed by atoms with E-state index in [0.717, 1.165) is 5.39 Å². The Morgan fingerprint density at radius 1 is 1.06 bits per heavy atom. The maximum absolute atomic E-state index is 11.7. The second-order valence-corrected chi connectivity index (χ2v) is 3.95. The van der Waals surface area contributed by atoms with E-state index in [1.165, 1.54) is 0 Å². The first kappa shape index (κ1) is 10.8. The summed E-state index contributed by atoms with van der Waals surface area (Å²) in [5.41, 5.74) is 0.812. The van der Waals surface area contributed by atoms with Crippen molar-refractivity contribution in [3.63, 3.8) is 0 Å². The third kappa shape index (κ3) is 1.39. The molecule has 0 saturated heterocycles. The van der Waals surface area contributed by atoms with Crippen LogP contribution in [0, 0.1) is 0 Å². The molecule has 0 N–H and O–H groups in total. The normalized spacial score (nSPS) is 13.6. The highest BCUT2D eigenvalue weighted by molar-refractivity contribution is 6.21. The number of benzene rings is 2. The fraction of sp³-hybridized carbons (Fsp3) is 0.143. The van der Waals surface area contributed by atoms with Gasteiger partial charge in [0, 0.05) is 10.8 Å². The fourth-order valence-corrected chi connectivity index (χ4v) is 2.20. The summed E-state index contributed by atoms with van der Waals surface area (Å²) in [4.78, 5) is 23.3. The van der Waals surface area contributed by atoms with E-state index < -0.39 is 11.9 Å². The third-order valence-electron chi connectivity index (χ3n) is 2.93. The average molecular weight is 242 g/mol. The molecule has 0 amide bonds. The van der Waals surface area contributed by atoms with Crippen molar-refractivity contribution in [1.29, 1.82) is 0 Å². The lowest BCUT2D eigenvalue weighted by Crippen LogP contribution is -2.19. The number of carbonyl (C=O) groups is 2. The minimum Gasteiger partial charge on any atom is -0.493 e. The zero-order valence-corrected chi connectivity index (χ0v) is 9.73. The summed E-state index contributed by atoms with van der Waals surface area (Å²) in [6.45, 7) is 2.41. The predicted octanol–water partition coefficient (Wildman–Crippen LogP) is 2.55. The first-order chi connectivity index (χ1) is 8.72. The van der Waals surface area contributed by atoms with Gasteiger partial charge in [0.15, 0.2) is 0 Å². The number of carbonyl (C=O) groups excluding carboxylic acids is 2. The van der Waals surface area contributed by atoms with Crippen LogP contribution < -0.4 is 4.74 Å². The summed E-state index contributed by atoms with van der Waals surface area (Å²) in [7, 11) is 0. The smallest absolute Gasteiger partial charge is 0.346 e. The van der Waals surface area contributed by atoms with E-state index >= 15 is 0 Å². The van der Waals surface area contributed by atoms with Crippen LogP contribution in [-0.4, -0.2) is 18.5 Å². The Morgan fingerprint density at radius 2 is 1.78 bits per heavy atom. The molecule has 0 aliphatic carbocycles. The van der Waals surface area contributed by atoms with Crippen LogP contribution in [0.5, 0.6) is 5.75 Å². The van der Waals surface area contributed by atoms with Crippen LogP contribution in [0.1, 0.15) is 27.6 Å². The number of ether oxygens (including phenoxy) is 2. The van der Waals surface area contributed by atoms with Gasteiger partial charge in [-0.1, -0.05) is 12.1 Å². The highest BCUT2D eigenvalue weighted by Gasteiger charge is 2.27. The molecular formula is C14H10O4. The molecule has 1 aliphatic heterocycles. The number of hydrogen-bond donors (Lipinski definition) is 0. The molecule has 0 unspecified atom stereocenters. The summed E-state index contributed by atoms with van der Waals surface area (Å²) in [5, 5.41) is 1.38. The van der Waals surface area contributed by atoms with Gasteiger partial charge in [-0.3, -0.25) is 0 Å². The second-order valence-electron chi connectivity index (χ2n) is 3.95. The van der Waals surface area contributed by atoms with Crippen molar-refractivity contribution in [2.24, 2.45) is 0 Å². The van der Waals surface area contributed by atoms with Crippen molar-refractivity contribution in [3.8, 4) is 5.75 Å². The molecule has 2 aromatic carbocycles. The summed E-state index contributed by atoms with van der Waals surface area (Å²) in [5.74, 6) is -0.543. The highest BCUT2D eigenvalue weighted by atomic mass is 16.6. The zero-order valence-electron chi connectivity index (χ0n) is 9.73. The molecule has 0 spiro atoms. The third-order valence-corrected chi connectivity index (χ3v) is 2.93. The lowest BCUT2D eigenvalue weighted by molar-refractivity contribution is 0.0391. The Kier molecular flexibility index (Phi) is 2.30. The second kappa shape index (κ2) is 3.84. The Bertz CT molecular complexity index is 653. The molecule has 1 heterocycles. The lowest BCUT2D eigenvalue weighted by Gasteiger charge is -2.17. The van der Waals surface area contributed by atoms with E-state index in [2.05, 4.69) is 4.74 Å². The van der Waals surface area contributed by atoms with Gasteiger partial charge in [-0.2, -0.15) is 0 Å². The van der Waals surface area contributed by atoms with Crippen LogP contribution in [0.15, 0.2) is 30.3 Å². The molecule has 2 aromatic rings. The Morgan fingerprint density at radius 3 is 2.50 bits per heavy atom. The molecule has 0 atom stereocenters. The Labute approximate surface area is 103 Å². The number of esters is 2. The van der Waals surface area contributed by atoms with Gasteiger partial charge in [-0.05, 0) is 25.1 Å². The number of cyclic esters (lactones) is 2. The molecule has 0 saturated carbocycles. The van der Waals surface area contributed by atoms with Gasteiger partial charge in [0.2, 0.25) is 0 Å². The molecule has 0 radical (unpaired) electrons. The molecule has 1 aliphatic rings. The van der Waals surface area contributed by atoms with Gasteiger partial charge < -0.3 is 9.47 Å². The van der Waals surface area contributed by atoms with Crippen molar-refractivity contribution in [2.75, 3.05) is 6.61 Å². The van der Waals surface area contributed by atoms with Crippen molar-refractivity contribution in [3.05, 3.63) is 41.5 Å². The van der Waals surface area contributed by atoms with Crippen LogP contribution >= 0.6 is 0 Å². The first-order valence-electron chi connectivity index (χ1n) is 5.67. The van der Waals surface area contributed by atoms with Gasteiger partial charge in [-0.25, -0.2) is 9.59 Å².